The summed E-state index contributed by atoms with van der Waals surface area (Å²) in [5.41, 5.74) is -4.97. The molecule has 0 unspecified atom stereocenters. The molecule has 2 aliphatic heterocycles. The lowest BCUT2D eigenvalue weighted by atomic mass is 9.42. The first kappa shape index (κ1) is 47.8. The highest BCUT2D eigenvalue weighted by atomic mass is 28.4. The molecule has 12 atom stereocenters. The summed E-state index contributed by atoms with van der Waals surface area (Å²) in [6.45, 7) is 19.9. The van der Waals surface area contributed by atoms with Gasteiger partial charge in [0.15, 0.2) is 20.0 Å². The molecule has 2 saturated carbocycles. The van der Waals surface area contributed by atoms with Crippen LogP contribution < -0.4 is 5.32 Å². The lowest BCUT2D eigenvalue weighted by Gasteiger charge is -2.74. The minimum atomic E-state index is -2.65. The number of amides is 1. The molecular formula is C49H67NO13Si. The number of rotatable bonds is 13. The van der Waals surface area contributed by atoms with Gasteiger partial charge in [0.1, 0.15) is 35.6 Å². The molecule has 0 radical (unpaired) electrons. The Morgan fingerprint density at radius 2 is 1.53 bits per heavy atom. The second-order valence-corrected chi connectivity index (χ2v) is 24.9. The monoisotopic (exact) mass is 905 g/mol. The van der Waals surface area contributed by atoms with Crippen molar-refractivity contribution in [2.75, 3.05) is 6.61 Å². The summed E-state index contributed by atoms with van der Waals surface area (Å²) in [4.78, 5) is 56.3. The molecule has 3 N–H and O–H groups in total. The molecule has 5 aliphatic rings. The summed E-state index contributed by atoms with van der Waals surface area (Å²) in [6, 6.07) is 18.4. The number of fused-ring (bicyclic) bond motifs is 4. The van der Waals surface area contributed by atoms with Crippen LogP contribution >= 0.6 is 0 Å². The zero-order valence-electron chi connectivity index (χ0n) is 39.1. The Kier molecular flexibility index (Phi) is 12.9. The highest BCUT2D eigenvalue weighted by molar-refractivity contribution is 6.73. The number of carbonyl (C=O) groups is 4. The van der Waals surface area contributed by atoms with E-state index in [9.17, 15) is 24.6 Å². The van der Waals surface area contributed by atoms with E-state index in [1.807, 2.05) is 33.8 Å². The fourth-order valence-electron chi connectivity index (χ4n) is 11.6. The van der Waals surface area contributed by atoms with E-state index in [4.69, 9.17) is 32.8 Å². The Morgan fingerprint density at radius 1 is 0.922 bits per heavy atom. The van der Waals surface area contributed by atoms with E-state index < -0.39 is 115 Å². The lowest BCUT2D eigenvalue weighted by Crippen LogP contribution is -2.86. The van der Waals surface area contributed by atoms with E-state index in [-0.39, 0.29) is 18.6 Å². The van der Waals surface area contributed by atoms with Crippen molar-refractivity contribution in [3.63, 3.8) is 0 Å². The summed E-state index contributed by atoms with van der Waals surface area (Å²) in [6.07, 6.45) is -8.09. The number of ether oxygens (including phenoxy) is 6. The predicted molar refractivity (Wildman–Crippen MR) is 237 cm³/mol. The minimum absolute atomic E-state index is 0.0362. The minimum Gasteiger partial charge on any atom is -0.456 e. The second kappa shape index (κ2) is 17.3. The predicted octanol–water partition coefficient (Wildman–Crippen LogP) is 7.13. The molecule has 14 nitrogen and oxygen atoms in total. The third-order valence-corrected chi connectivity index (χ3v) is 19.9. The van der Waals surface area contributed by atoms with Gasteiger partial charge in [-0.25, -0.2) is 14.4 Å². The van der Waals surface area contributed by atoms with Crippen LogP contribution in [0.5, 0.6) is 0 Å². The molecule has 4 fully saturated rings. The van der Waals surface area contributed by atoms with Crippen molar-refractivity contribution < 1.29 is 62.2 Å². The molecule has 2 bridgehead atoms. The maximum Gasteiger partial charge on any atom is 0.408 e. The molecule has 2 aromatic carbocycles. The number of hydrogen-bond donors (Lipinski definition) is 3. The topological polar surface area (TPSA) is 185 Å². The summed E-state index contributed by atoms with van der Waals surface area (Å²) in [5, 5.41) is 29.5. The van der Waals surface area contributed by atoms with E-state index in [1.165, 1.54) is 6.92 Å². The van der Waals surface area contributed by atoms with Gasteiger partial charge in [0.2, 0.25) is 0 Å². The van der Waals surface area contributed by atoms with Crippen molar-refractivity contribution in [3.8, 4) is 0 Å². The second-order valence-electron chi connectivity index (χ2n) is 20.2. The SMILES string of the molecule is CC[Si](CC)(CC)O[C@@H](C(=O)O[C@H]1C[C@@]2(O)[C@@H](OC(=O)c3ccccc3)[C@@H]3[C@]4(OC(C)=O)CO[C@@H]4C[C@H]4O[C@@H]([C@H](O)C(=C1C)C2(C)C)[C@@]34C)[C@@H](NC(=O)OC(C)(C)C)c1ccccc1. The molecule has 7 rings (SSSR count). The number of aliphatic hydroxyl groups is 2. The number of benzene rings is 2. The standard InChI is InChI=1S/C49H67NO13Si/c1-12-64(13-2,14-3)63-38(36(30-21-17-15-18-22-30)50-44(55)62-45(6,7)8)43(54)58-32-26-49(56)41(60-42(53)31-23-19-16-20-24-31)39-47(11)33(25-34-48(39,27-57-34)61-29(5)51)59-40(47)37(52)35(28(32)4)46(49,9)10/h15-24,32-34,36-41,52,56H,12-14,25-27H2,1-11H3,(H,50,55)/t32-,33+,34+,36-,37+,38+,39-,40-,41-,47+,48-,49+/m0/s1. The van der Waals surface area contributed by atoms with Gasteiger partial charge in [0.05, 0.1) is 36.3 Å². The number of nitrogens with one attached hydrogen (secondary N) is 1. The van der Waals surface area contributed by atoms with E-state index in [0.29, 0.717) is 41.3 Å². The highest BCUT2D eigenvalue weighted by Gasteiger charge is 2.81. The summed E-state index contributed by atoms with van der Waals surface area (Å²) < 4.78 is 44.9. The first-order valence-electron chi connectivity index (χ1n) is 22.8. The largest absolute Gasteiger partial charge is 0.456 e. The van der Waals surface area contributed by atoms with Crippen LogP contribution in [0.4, 0.5) is 4.79 Å². The zero-order valence-corrected chi connectivity index (χ0v) is 40.1. The molecule has 0 spiro atoms. The Bertz CT molecular complexity index is 2110. The fourth-order valence-corrected chi connectivity index (χ4v) is 14.4. The van der Waals surface area contributed by atoms with Gasteiger partial charge in [0.25, 0.3) is 0 Å². The van der Waals surface area contributed by atoms with Gasteiger partial charge >= 0.3 is 24.0 Å². The van der Waals surface area contributed by atoms with Gasteiger partial charge in [0, 0.05) is 30.6 Å². The van der Waals surface area contributed by atoms with Crippen LogP contribution in [0.2, 0.25) is 18.1 Å². The Hall–Kier alpha value is -4.12. The molecule has 2 aromatic rings. The molecule has 350 valence electrons. The molecule has 64 heavy (non-hydrogen) atoms. The van der Waals surface area contributed by atoms with Gasteiger partial charge in [-0.2, -0.15) is 0 Å². The first-order chi connectivity index (χ1) is 30.0. The lowest BCUT2D eigenvalue weighted by molar-refractivity contribution is -0.416. The smallest absolute Gasteiger partial charge is 0.408 e. The molecule has 0 aromatic heterocycles. The molecule has 1 amide bonds. The van der Waals surface area contributed by atoms with Crippen molar-refractivity contribution in [1.29, 1.82) is 0 Å². The maximum absolute atomic E-state index is 15.3. The number of esters is 3. The van der Waals surface area contributed by atoms with Crippen molar-refractivity contribution in [3.05, 3.63) is 82.9 Å². The van der Waals surface area contributed by atoms with Gasteiger partial charge in [-0.05, 0) is 74.7 Å². The summed E-state index contributed by atoms with van der Waals surface area (Å²) >= 11 is 0. The Morgan fingerprint density at radius 3 is 2.08 bits per heavy atom. The Balaban J connectivity index is 1.38. The van der Waals surface area contributed by atoms with Crippen LogP contribution in [-0.2, 0) is 42.4 Å². The third-order valence-electron chi connectivity index (χ3n) is 15.3. The van der Waals surface area contributed by atoms with Crippen molar-refractivity contribution in [2.45, 2.75) is 173 Å². The number of hydrogen-bond acceptors (Lipinski definition) is 13. The third kappa shape index (κ3) is 7.91. The average molecular weight is 906 g/mol. The van der Waals surface area contributed by atoms with E-state index >= 15 is 4.79 Å². The van der Waals surface area contributed by atoms with Crippen molar-refractivity contribution >= 4 is 32.3 Å². The maximum atomic E-state index is 15.3. The van der Waals surface area contributed by atoms with E-state index in [2.05, 4.69) is 5.32 Å². The van der Waals surface area contributed by atoms with Gasteiger partial charge in [-0.1, -0.05) is 90.1 Å². The van der Waals surface area contributed by atoms with Crippen LogP contribution in [0, 0.1) is 16.7 Å². The number of alkyl carbamates (subject to hydrolysis) is 1. The van der Waals surface area contributed by atoms with Crippen LogP contribution in [-0.4, -0.2) is 109 Å². The molecule has 15 heteroatoms. The van der Waals surface area contributed by atoms with Crippen LogP contribution in [0.25, 0.3) is 0 Å². The van der Waals surface area contributed by atoms with Crippen LogP contribution in [0.3, 0.4) is 0 Å². The number of carbonyl (C=O) groups excluding carboxylic acids is 4. The molecule has 2 heterocycles. The summed E-state index contributed by atoms with van der Waals surface area (Å²) in [7, 11) is -2.65. The zero-order chi connectivity index (χ0) is 46.8. The first-order valence-corrected chi connectivity index (χ1v) is 25.3. The van der Waals surface area contributed by atoms with Crippen molar-refractivity contribution in [1.82, 2.24) is 5.32 Å². The molecule has 2 saturated heterocycles. The highest BCUT2D eigenvalue weighted by Crippen LogP contribution is 2.69. The summed E-state index contributed by atoms with van der Waals surface area (Å²) in [5.74, 6) is -3.06. The Labute approximate surface area is 377 Å². The van der Waals surface area contributed by atoms with Crippen molar-refractivity contribution in [2.24, 2.45) is 16.7 Å². The average Bonchev–Trinajstić information content (AvgIpc) is 3.23. The van der Waals surface area contributed by atoms with Crippen LogP contribution in [0.15, 0.2) is 71.8 Å². The van der Waals surface area contributed by atoms with E-state index in [1.54, 1.807) is 96.1 Å². The van der Waals surface area contributed by atoms with Gasteiger partial charge in [-0.3, -0.25) is 4.79 Å². The molecule has 3 aliphatic carbocycles. The fraction of sp³-hybridized carbons (Fsp3) is 0.633. The normalized spacial score (nSPS) is 33.5. The van der Waals surface area contributed by atoms with Gasteiger partial charge in [-0.15, -0.1) is 0 Å². The van der Waals surface area contributed by atoms with Gasteiger partial charge < -0.3 is 48.4 Å². The quantitative estimate of drug-likeness (QED) is 0.0799. The van der Waals surface area contributed by atoms with E-state index in [0.717, 1.165) is 0 Å². The number of aliphatic hydroxyl groups excluding tert-OH is 1. The molecular weight excluding hydrogens is 839 g/mol. The van der Waals surface area contributed by atoms with Crippen LogP contribution in [0.1, 0.15) is 111 Å².